The molecule has 2 aliphatic heterocycles. The standard InChI is InChI=1S/C13H27N3/c1-3-13(6-5-7-14-13)12-16-10-8-15(4-2)9-11-16/h14H,3-12H2,1-2H3. The van der Waals surface area contributed by atoms with Gasteiger partial charge in [0.1, 0.15) is 0 Å². The van der Waals surface area contributed by atoms with Crippen molar-refractivity contribution >= 4 is 0 Å². The molecule has 0 aromatic heterocycles. The molecule has 94 valence electrons. The fourth-order valence-electron chi connectivity index (χ4n) is 3.11. The van der Waals surface area contributed by atoms with E-state index in [0.717, 1.165) is 0 Å². The van der Waals surface area contributed by atoms with Gasteiger partial charge in [-0.3, -0.25) is 4.90 Å². The van der Waals surface area contributed by atoms with E-state index in [9.17, 15) is 0 Å². The lowest BCUT2D eigenvalue weighted by molar-refractivity contribution is 0.107. The van der Waals surface area contributed by atoms with E-state index < -0.39 is 0 Å². The average molecular weight is 225 g/mol. The smallest absolute Gasteiger partial charge is 0.0306 e. The third-order valence-corrected chi connectivity index (χ3v) is 4.45. The van der Waals surface area contributed by atoms with Gasteiger partial charge in [0, 0.05) is 38.3 Å². The van der Waals surface area contributed by atoms with E-state index in [0.29, 0.717) is 5.54 Å². The minimum Gasteiger partial charge on any atom is -0.310 e. The molecule has 0 radical (unpaired) electrons. The number of hydrogen-bond acceptors (Lipinski definition) is 3. The fraction of sp³-hybridized carbons (Fsp3) is 1.00. The normalized spacial score (nSPS) is 33.4. The van der Waals surface area contributed by atoms with Gasteiger partial charge >= 0.3 is 0 Å². The van der Waals surface area contributed by atoms with Crippen LogP contribution in [0.15, 0.2) is 0 Å². The summed E-state index contributed by atoms with van der Waals surface area (Å²) in [7, 11) is 0. The molecule has 16 heavy (non-hydrogen) atoms. The Morgan fingerprint density at radius 1 is 1.06 bits per heavy atom. The van der Waals surface area contributed by atoms with Crippen LogP contribution in [0, 0.1) is 0 Å². The third kappa shape index (κ3) is 2.76. The van der Waals surface area contributed by atoms with Crippen molar-refractivity contribution in [1.82, 2.24) is 15.1 Å². The van der Waals surface area contributed by atoms with Crippen LogP contribution in [0.2, 0.25) is 0 Å². The zero-order valence-electron chi connectivity index (χ0n) is 11.0. The van der Waals surface area contributed by atoms with Crippen LogP contribution in [0.25, 0.3) is 0 Å². The summed E-state index contributed by atoms with van der Waals surface area (Å²) >= 11 is 0. The summed E-state index contributed by atoms with van der Waals surface area (Å²) in [6.07, 6.45) is 4.02. The first-order valence-corrected chi connectivity index (χ1v) is 6.98. The van der Waals surface area contributed by atoms with Gasteiger partial charge < -0.3 is 10.2 Å². The largest absolute Gasteiger partial charge is 0.310 e. The molecule has 2 heterocycles. The number of nitrogens with one attached hydrogen (secondary N) is 1. The van der Waals surface area contributed by atoms with Gasteiger partial charge in [-0.2, -0.15) is 0 Å². The van der Waals surface area contributed by atoms with Crippen molar-refractivity contribution in [3.8, 4) is 0 Å². The maximum Gasteiger partial charge on any atom is 0.0306 e. The molecule has 1 atom stereocenters. The molecule has 2 aliphatic rings. The van der Waals surface area contributed by atoms with Gasteiger partial charge in [-0.25, -0.2) is 0 Å². The van der Waals surface area contributed by atoms with Gasteiger partial charge in [0.15, 0.2) is 0 Å². The van der Waals surface area contributed by atoms with Gasteiger partial charge in [0.2, 0.25) is 0 Å². The fourth-order valence-corrected chi connectivity index (χ4v) is 3.11. The highest BCUT2D eigenvalue weighted by Gasteiger charge is 2.33. The van der Waals surface area contributed by atoms with Crippen molar-refractivity contribution in [1.29, 1.82) is 0 Å². The van der Waals surface area contributed by atoms with Crippen molar-refractivity contribution in [3.05, 3.63) is 0 Å². The summed E-state index contributed by atoms with van der Waals surface area (Å²) in [5, 5.41) is 3.74. The number of likely N-dealkylation sites (N-methyl/N-ethyl adjacent to an activating group) is 1. The van der Waals surface area contributed by atoms with Gasteiger partial charge in [0.05, 0.1) is 0 Å². The van der Waals surface area contributed by atoms with E-state index in [-0.39, 0.29) is 0 Å². The molecular weight excluding hydrogens is 198 g/mol. The summed E-state index contributed by atoms with van der Waals surface area (Å²) < 4.78 is 0. The van der Waals surface area contributed by atoms with Crippen LogP contribution in [0.3, 0.4) is 0 Å². The van der Waals surface area contributed by atoms with Crippen molar-refractivity contribution < 1.29 is 0 Å². The van der Waals surface area contributed by atoms with Crippen molar-refractivity contribution in [3.63, 3.8) is 0 Å². The van der Waals surface area contributed by atoms with Crippen LogP contribution in [0.5, 0.6) is 0 Å². The zero-order chi connectivity index (χ0) is 11.4. The van der Waals surface area contributed by atoms with Gasteiger partial charge in [0.25, 0.3) is 0 Å². The monoisotopic (exact) mass is 225 g/mol. The van der Waals surface area contributed by atoms with E-state index in [2.05, 4.69) is 29.0 Å². The van der Waals surface area contributed by atoms with Crippen molar-refractivity contribution in [2.45, 2.75) is 38.6 Å². The molecule has 2 saturated heterocycles. The highest BCUT2D eigenvalue weighted by molar-refractivity contribution is 4.95. The van der Waals surface area contributed by atoms with Gasteiger partial charge in [-0.05, 0) is 32.4 Å². The van der Waals surface area contributed by atoms with E-state index in [1.807, 2.05) is 0 Å². The second-order valence-corrected chi connectivity index (χ2v) is 5.37. The Kier molecular flexibility index (Phi) is 4.22. The molecule has 0 aliphatic carbocycles. The highest BCUT2D eigenvalue weighted by atomic mass is 15.3. The first kappa shape index (κ1) is 12.3. The quantitative estimate of drug-likeness (QED) is 0.774. The topological polar surface area (TPSA) is 18.5 Å². The molecule has 2 fully saturated rings. The van der Waals surface area contributed by atoms with Crippen molar-refractivity contribution in [2.75, 3.05) is 45.8 Å². The predicted octanol–water partition coefficient (Wildman–Crippen LogP) is 1.16. The van der Waals surface area contributed by atoms with E-state index in [1.165, 1.54) is 65.1 Å². The molecular formula is C13H27N3. The third-order valence-electron chi connectivity index (χ3n) is 4.45. The average Bonchev–Trinajstić information content (AvgIpc) is 2.79. The lowest BCUT2D eigenvalue weighted by Crippen LogP contribution is -2.54. The highest BCUT2D eigenvalue weighted by Crippen LogP contribution is 2.24. The number of rotatable bonds is 4. The molecule has 3 nitrogen and oxygen atoms in total. The number of nitrogens with zero attached hydrogens (tertiary/aromatic N) is 2. The summed E-state index contributed by atoms with van der Waals surface area (Å²) in [6, 6.07) is 0. The first-order valence-electron chi connectivity index (χ1n) is 6.98. The molecule has 0 amide bonds. The zero-order valence-corrected chi connectivity index (χ0v) is 11.0. The predicted molar refractivity (Wildman–Crippen MR) is 68.8 cm³/mol. The molecule has 0 bridgehead atoms. The van der Waals surface area contributed by atoms with Crippen LogP contribution >= 0.6 is 0 Å². The van der Waals surface area contributed by atoms with E-state index in [4.69, 9.17) is 0 Å². The molecule has 0 spiro atoms. The van der Waals surface area contributed by atoms with Crippen LogP contribution in [0.1, 0.15) is 33.1 Å². The molecule has 0 aromatic carbocycles. The Bertz CT molecular complexity index is 203. The summed E-state index contributed by atoms with van der Waals surface area (Å²) in [4.78, 5) is 5.21. The van der Waals surface area contributed by atoms with Crippen LogP contribution in [0.4, 0.5) is 0 Å². The molecule has 1 N–H and O–H groups in total. The van der Waals surface area contributed by atoms with E-state index in [1.54, 1.807) is 0 Å². The second-order valence-electron chi connectivity index (χ2n) is 5.37. The summed E-state index contributed by atoms with van der Waals surface area (Å²) in [5.41, 5.74) is 0.439. The van der Waals surface area contributed by atoms with Crippen molar-refractivity contribution in [2.24, 2.45) is 0 Å². The second kappa shape index (κ2) is 5.48. The van der Waals surface area contributed by atoms with Gasteiger partial charge in [-0.1, -0.05) is 13.8 Å². The first-order chi connectivity index (χ1) is 7.78. The molecule has 0 aromatic rings. The van der Waals surface area contributed by atoms with Crippen LogP contribution in [-0.4, -0.2) is 61.2 Å². The minimum atomic E-state index is 0.439. The number of hydrogen-bond donors (Lipinski definition) is 1. The lowest BCUT2D eigenvalue weighted by Gasteiger charge is -2.40. The van der Waals surface area contributed by atoms with Gasteiger partial charge in [-0.15, -0.1) is 0 Å². The minimum absolute atomic E-state index is 0.439. The Balaban J connectivity index is 1.81. The Morgan fingerprint density at radius 2 is 1.75 bits per heavy atom. The molecule has 0 saturated carbocycles. The Labute approximate surface area is 100 Å². The Morgan fingerprint density at radius 3 is 2.25 bits per heavy atom. The molecule has 2 rings (SSSR count). The van der Waals surface area contributed by atoms with Crippen LogP contribution < -0.4 is 5.32 Å². The maximum atomic E-state index is 3.74. The van der Waals surface area contributed by atoms with Crippen LogP contribution in [-0.2, 0) is 0 Å². The molecule has 1 unspecified atom stereocenters. The van der Waals surface area contributed by atoms with E-state index >= 15 is 0 Å². The molecule has 3 heteroatoms. The Hall–Kier alpha value is -0.120. The number of piperazine rings is 1. The lowest BCUT2D eigenvalue weighted by atomic mass is 9.93. The maximum absolute atomic E-state index is 3.74. The summed E-state index contributed by atoms with van der Waals surface area (Å²) in [5.74, 6) is 0. The SMILES string of the molecule is CCN1CCN(CC2(CC)CCCN2)CC1. The summed E-state index contributed by atoms with van der Waals surface area (Å²) in [6.45, 7) is 13.3.